The van der Waals surface area contributed by atoms with E-state index in [0.29, 0.717) is 47.2 Å². The van der Waals surface area contributed by atoms with Crippen LogP contribution in [0.1, 0.15) is 72.1 Å². The van der Waals surface area contributed by atoms with Crippen LogP contribution in [0.4, 0.5) is 9.52 Å². The van der Waals surface area contributed by atoms with Gasteiger partial charge >= 0.3 is 0 Å². The summed E-state index contributed by atoms with van der Waals surface area (Å²) in [4.78, 5) is 32.0. The molecule has 5 nitrogen and oxygen atoms in total. The Balaban J connectivity index is 1.20. The van der Waals surface area contributed by atoms with Crippen molar-refractivity contribution in [2.45, 2.75) is 72.1 Å². The Morgan fingerprint density at radius 1 is 1.22 bits per heavy atom. The summed E-state index contributed by atoms with van der Waals surface area (Å²) in [6.07, 6.45) is 7.81. The molecule has 3 aliphatic carbocycles. The third-order valence-corrected chi connectivity index (χ3v) is 11.5. The summed E-state index contributed by atoms with van der Waals surface area (Å²) >= 11 is 1.33. The Morgan fingerprint density at radius 3 is 2.83 bits per heavy atom. The van der Waals surface area contributed by atoms with Crippen LogP contribution in [-0.4, -0.2) is 28.7 Å². The Labute approximate surface area is 216 Å². The number of likely N-dealkylation sites (tertiary alicyclic amines) is 1. The first-order valence-electron chi connectivity index (χ1n) is 13.4. The molecule has 2 heterocycles. The fourth-order valence-corrected chi connectivity index (χ4v) is 9.81. The minimum atomic E-state index is -0.287. The second-order valence-corrected chi connectivity index (χ2v) is 13.3. The number of thiazole rings is 1. The molecule has 6 rings (SSSR count). The summed E-state index contributed by atoms with van der Waals surface area (Å²) in [6.45, 7) is 7.10. The van der Waals surface area contributed by atoms with Crippen molar-refractivity contribution in [1.82, 2.24) is 9.88 Å². The molecule has 0 unspecified atom stereocenters. The molecular formula is C29H36FN3O2S. The van der Waals surface area contributed by atoms with E-state index in [2.05, 4.69) is 31.1 Å². The van der Waals surface area contributed by atoms with Gasteiger partial charge in [0.15, 0.2) is 5.13 Å². The molecule has 2 saturated carbocycles. The molecule has 0 radical (unpaired) electrons. The fraction of sp³-hybridized carbons (Fsp3) is 0.621. The molecule has 0 bridgehead atoms. The smallest absolute Gasteiger partial charge is 0.226 e. The molecule has 1 saturated heterocycles. The van der Waals surface area contributed by atoms with E-state index in [1.165, 1.54) is 47.6 Å². The number of rotatable bonds is 3. The highest BCUT2D eigenvalue weighted by Gasteiger charge is 2.60. The molecule has 6 atom stereocenters. The first kappa shape index (κ1) is 24.1. The molecule has 2 aromatic rings. The summed E-state index contributed by atoms with van der Waals surface area (Å²) in [5.41, 5.74) is 3.66. The average Bonchev–Trinajstić information content (AvgIpc) is 3.36. The lowest BCUT2D eigenvalue weighted by atomic mass is 9.48. The van der Waals surface area contributed by atoms with Gasteiger partial charge in [-0.15, -0.1) is 0 Å². The highest BCUT2D eigenvalue weighted by Crippen LogP contribution is 2.67. The normalized spacial score (nSPS) is 36.0. The average molecular weight is 510 g/mol. The largest absolute Gasteiger partial charge is 0.319 e. The van der Waals surface area contributed by atoms with Crippen molar-refractivity contribution in [3.8, 4) is 0 Å². The van der Waals surface area contributed by atoms with Gasteiger partial charge in [0.25, 0.3) is 0 Å². The van der Waals surface area contributed by atoms with E-state index in [9.17, 15) is 14.0 Å². The number of anilines is 1. The maximum atomic E-state index is 13.5. The highest BCUT2D eigenvalue weighted by molar-refractivity contribution is 7.22. The standard InChI is InChI=1S/C29H36FN3O2S/c1-16-13-19-20-7-5-17(14-24(34)32-27-31-22-8-6-18(30)15-23(22)36-27)28(20,2)11-9-21(19)29(3)12-10-25(35)33(4)26(16)29/h6,8,15,17,19-21H,5,7,9-14H2,1-4H3,(H,31,32,34)/t17-,19+,20+,21+,28-,29-/m1/s1. The number of halogens is 1. The molecule has 1 aromatic heterocycles. The predicted molar refractivity (Wildman–Crippen MR) is 141 cm³/mol. The molecular weight excluding hydrogens is 473 g/mol. The number of amides is 2. The zero-order chi connectivity index (χ0) is 25.4. The summed E-state index contributed by atoms with van der Waals surface area (Å²) in [5, 5.41) is 3.56. The van der Waals surface area contributed by atoms with Crippen LogP contribution in [0.15, 0.2) is 29.5 Å². The Morgan fingerprint density at radius 2 is 2.03 bits per heavy atom. The zero-order valence-electron chi connectivity index (χ0n) is 21.7. The van der Waals surface area contributed by atoms with Gasteiger partial charge in [-0.2, -0.15) is 0 Å². The van der Waals surface area contributed by atoms with Crippen molar-refractivity contribution in [2.24, 2.45) is 34.5 Å². The SMILES string of the molecule is CC1=C2N(C)C(=O)CC[C@]2(C)[C@H]2CC[C@]3(C)[C@@H](CC(=O)Nc4nc5ccc(F)cc5s4)CC[C@H]3[C@@H]2C1. The number of fused-ring (bicyclic) bond motifs is 6. The van der Waals surface area contributed by atoms with Crippen molar-refractivity contribution in [3.05, 3.63) is 35.3 Å². The predicted octanol–water partition coefficient (Wildman–Crippen LogP) is 6.76. The van der Waals surface area contributed by atoms with Gasteiger partial charge in [0, 0.05) is 31.0 Å². The molecule has 1 N–H and O–H groups in total. The maximum Gasteiger partial charge on any atom is 0.226 e. The maximum absolute atomic E-state index is 13.5. The van der Waals surface area contributed by atoms with Gasteiger partial charge in [0.1, 0.15) is 5.82 Å². The van der Waals surface area contributed by atoms with Crippen molar-refractivity contribution >= 4 is 38.5 Å². The number of nitrogens with one attached hydrogen (secondary N) is 1. The number of carbonyl (C=O) groups excluding carboxylic acids is 2. The summed E-state index contributed by atoms with van der Waals surface area (Å²) in [7, 11) is 1.97. The zero-order valence-corrected chi connectivity index (χ0v) is 22.5. The monoisotopic (exact) mass is 509 g/mol. The number of allylic oxidation sites excluding steroid dienone is 2. The van der Waals surface area contributed by atoms with E-state index >= 15 is 0 Å². The molecule has 3 fully saturated rings. The van der Waals surface area contributed by atoms with Gasteiger partial charge in [-0.05, 0) is 92.7 Å². The summed E-state index contributed by atoms with van der Waals surface area (Å²) in [5.74, 6) is 2.22. The van der Waals surface area contributed by atoms with Gasteiger partial charge in [0.2, 0.25) is 11.8 Å². The molecule has 36 heavy (non-hydrogen) atoms. The van der Waals surface area contributed by atoms with Crippen molar-refractivity contribution in [2.75, 3.05) is 12.4 Å². The second-order valence-electron chi connectivity index (χ2n) is 12.3. The molecule has 2 amide bonds. The van der Waals surface area contributed by atoms with Crippen LogP contribution in [0.2, 0.25) is 0 Å². The van der Waals surface area contributed by atoms with Crippen molar-refractivity contribution < 1.29 is 14.0 Å². The quantitative estimate of drug-likeness (QED) is 0.497. The van der Waals surface area contributed by atoms with Gasteiger partial charge < -0.3 is 10.2 Å². The molecule has 4 aliphatic rings. The topological polar surface area (TPSA) is 62.3 Å². The third-order valence-electron chi connectivity index (χ3n) is 10.5. The minimum absolute atomic E-state index is 0.0184. The number of aromatic nitrogens is 1. The highest BCUT2D eigenvalue weighted by atomic mass is 32.1. The van der Waals surface area contributed by atoms with Crippen LogP contribution in [-0.2, 0) is 9.59 Å². The lowest BCUT2D eigenvalue weighted by Crippen LogP contribution is -2.54. The van der Waals surface area contributed by atoms with Gasteiger partial charge in [-0.25, -0.2) is 9.37 Å². The van der Waals surface area contributed by atoms with E-state index in [-0.39, 0.29) is 28.5 Å². The van der Waals surface area contributed by atoms with E-state index < -0.39 is 0 Å². The number of hydrogen-bond donors (Lipinski definition) is 1. The summed E-state index contributed by atoms with van der Waals surface area (Å²) < 4.78 is 14.3. The van der Waals surface area contributed by atoms with Crippen LogP contribution in [0.3, 0.4) is 0 Å². The van der Waals surface area contributed by atoms with E-state index in [1.54, 1.807) is 6.07 Å². The third kappa shape index (κ3) is 3.56. The van der Waals surface area contributed by atoms with Crippen molar-refractivity contribution in [3.63, 3.8) is 0 Å². The van der Waals surface area contributed by atoms with Gasteiger partial charge in [0.05, 0.1) is 10.2 Å². The first-order valence-corrected chi connectivity index (χ1v) is 14.2. The molecule has 7 heteroatoms. The van der Waals surface area contributed by atoms with Crippen LogP contribution in [0.25, 0.3) is 10.2 Å². The molecule has 0 spiro atoms. The van der Waals surface area contributed by atoms with E-state index in [1.807, 2.05) is 11.9 Å². The minimum Gasteiger partial charge on any atom is -0.319 e. The Hall–Kier alpha value is -2.28. The Kier molecular flexibility index (Phi) is 5.60. The van der Waals surface area contributed by atoms with Gasteiger partial charge in [-0.3, -0.25) is 9.59 Å². The lowest BCUT2D eigenvalue weighted by Gasteiger charge is -2.59. The lowest BCUT2D eigenvalue weighted by molar-refractivity contribution is -0.136. The number of hydrogen-bond acceptors (Lipinski definition) is 4. The number of nitrogens with zero attached hydrogens (tertiary/aromatic N) is 2. The number of piperidine rings is 1. The van der Waals surface area contributed by atoms with E-state index in [0.717, 1.165) is 30.4 Å². The molecule has 1 aromatic carbocycles. The van der Waals surface area contributed by atoms with Crippen molar-refractivity contribution in [1.29, 1.82) is 0 Å². The van der Waals surface area contributed by atoms with Crippen LogP contribution < -0.4 is 5.32 Å². The van der Waals surface area contributed by atoms with Crippen LogP contribution in [0.5, 0.6) is 0 Å². The van der Waals surface area contributed by atoms with Gasteiger partial charge in [-0.1, -0.05) is 30.8 Å². The van der Waals surface area contributed by atoms with E-state index in [4.69, 9.17) is 0 Å². The number of benzene rings is 1. The first-order chi connectivity index (χ1) is 17.1. The second kappa shape index (κ2) is 8.37. The molecule has 192 valence electrons. The van der Waals surface area contributed by atoms with Crippen LogP contribution in [0, 0.1) is 40.3 Å². The summed E-state index contributed by atoms with van der Waals surface area (Å²) in [6, 6.07) is 4.53. The number of carbonyl (C=O) groups is 2. The molecule has 1 aliphatic heterocycles. The Bertz CT molecular complexity index is 1290. The fourth-order valence-electron chi connectivity index (χ4n) is 8.90. The van der Waals surface area contributed by atoms with Crippen LogP contribution >= 0.6 is 11.3 Å².